The number of aliphatic hydroxyl groups is 1. The molecule has 2 rings (SSSR count). The second-order valence-electron chi connectivity index (χ2n) is 5.33. The molecule has 0 atom stereocenters. The second-order valence-corrected chi connectivity index (χ2v) is 7.41. The van der Waals surface area contributed by atoms with Crippen LogP contribution in [0.4, 0.5) is 0 Å². The van der Waals surface area contributed by atoms with E-state index in [2.05, 4.69) is 0 Å². The van der Waals surface area contributed by atoms with Crippen molar-refractivity contribution < 1.29 is 18.3 Å². The standard InChI is InChI=1S/C14H21NO4S/c1-15(12-14(16)7-9-19-10-8-14)20(17,18)11-13-5-3-2-4-6-13/h2-6,16H,7-12H2,1H3. The largest absolute Gasteiger partial charge is 0.388 e. The van der Waals surface area contributed by atoms with E-state index in [0.717, 1.165) is 5.56 Å². The van der Waals surface area contributed by atoms with Crippen LogP contribution in [0, 0.1) is 0 Å². The maximum Gasteiger partial charge on any atom is 0.218 e. The average Bonchev–Trinajstić information content (AvgIpc) is 2.39. The SMILES string of the molecule is CN(CC1(O)CCOCC1)S(=O)(=O)Cc1ccccc1. The van der Waals surface area contributed by atoms with Crippen molar-refractivity contribution in [1.82, 2.24) is 4.31 Å². The molecule has 0 aromatic heterocycles. The van der Waals surface area contributed by atoms with Crippen molar-refractivity contribution in [3.8, 4) is 0 Å². The Morgan fingerprint density at radius 2 is 1.85 bits per heavy atom. The molecule has 0 spiro atoms. The molecule has 112 valence electrons. The first-order valence-electron chi connectivity index (χ1n) is 6.69. The lowest BCUT2D eigenvalue weighted by Crippen LogP contribution is -2.47. The van der Waals surface area contributed by atoms with Crippen molar-refractivity contribution in [2.45, 2.75) is 24.2 Å². The van der Waals surface area contributed by atoms with E-state index < -0.39 is 15.6 Å². The van der Waals surface area contributed by atoms with Crippen molar-refractivity contribution in [3.63, 3.8) is 0 Å². The Morgan fingerprint density at radius 3 is 2.45 bits per heavy atom. The fourth-order valence-corrected chi connectivity index (χ4v) is 3.59. The number of benzene rings is 1. The Morgan fingerprint density at radius 1 is 1.25 bits per heavy atom. The lowest BCUT2D eigenvalue weighted by molar-refractivity contribution is -0.0689. The zero-order chi connectivity index (χ0) is 14.6. The summed E-state index contributed by atoms with van der Waals surface area (Å²) in [5.41, 5.74) is -0.227. The normalized spacial score (nSPS) is 19.1. The zero-order valence-corrected chi connectivity index (χ0v) is 12.5. The van der Waals surface area contributed by atoms with Crippen LogP contribution in [0.5, 0.6) is 0 Å². The summed E-state index contributed by atoms with van der Waals surface area (Å²) in [5, 5.41) is 10.4. The molecule has 1 aliphatic rings. The quantitative estimate of drug-likeness (QED) is 0.880. The predicted molar refractivity (Wildman–Crippen MR) is 76.7 cm³/mol. The van der Waals surface area contributed by atoms with Crippen molar-refractivity contribution in [3.05, 3.63) is 35.9 Å². The minimum absolute atomic E-state index is 0.0447. The molecule has 1 saturated heterocycles. The molecule has 20 heavy (non-hydrogen) atoms. The van der Waals surface area contributed by atoms with Crippen molar-refractivity contribution in [1.29, 1.82) is 0 Å². The molecule has 0 radical (unpaired) electrons. The van der Waals surface area contributed by atoms with E-state index in [0.29, 0.717) is 26.1 Å². The van der Waals surface area contributed by atoms with Gasteiger partial charge in [-0.3, -0.25) is 0 Å². The molecular formula is C14H21NO4S. The molecule has 6 heteroatoms. The highest BCUT2D eigenvalue weighted by Crippen LogP contribution is 2.23. The fraction of sp³-hybridized carbons (Fsp3) is 0.571. The van der Waals surface area contributed by atoms with E-state index >= 15 is 0 Å². The minimum atomic E-state index is -3.42. The Kier molecular flexibility index (Phi) is 4.80. The zero-order valence-electron chi connectivity index (χ0n) is 11.7. The van der Waals surface area contributed by atoms with Crippen LogP contribution in [-0.4, -0.2) is 50.2 Å². The molecule has 1 N–H and O–H groups in total. The Bertz CT molecular complexity index is 523. The molecule has 1 aromatic rings. The first kappa shape index (κ1) is 15.4. The number of likely N-dealkylation sites (N-methyl/N-ethyl adjacent to an activating group) is 1. The summed E-state index contributed by atoms with van der Waals surface area (Å²) in [6, 6.07) is 9.06. The smallest absolute Gasteiger partial charge is 0.218 e. The first-order valence-corrected chi connectivity index (χ1v) is 8.30. The predicted octanol–water partition coefficient (Wildman–Crippen LogP) is 0.990. The molecule has 1 aromatic carbocycles. The van der Waals surface area contributed by atoms with Gasteiger partial charge in [-0.1, -0.05) is 30.3 Å². The van der Waals surface area contributed by atoms with Gasteiger partial charge in [0.05, 0.1) is 11.4 Å². The van der Waals surface area contributed by atoms with Crippen LogP contribution < -0.4 is 0 Å². The Hall–Kier alpha value is -0.950. The van der Waals surface area contributed by atoms with Gasteiger partial charge in [0.1, 0.15) is 0 Å². The van der Waals surface area contributed by atoms with Crippen molar-refractivity contribution in [2.24, 2.45) is 0 Å². The van der Waals surface area contributed by atoms with Crippen LogP contribution in [-0.2, 0) is 20.5 Å². The molecule has 1 fully saturated rings. The third-order valence-electron chi connectivity index (χ3n) is 3.61. The van der Waals surface area contributed by atoms with Gasteiger partial charge < -0.3 is 9.84 Å². The molecule has 0 unspecified atom stereocenters. The van der Waals surface area contributed by atoms with Gasteiger partial charge in [0.15, 0.2) is 0 Å². The second kappa shape index (κ2) is 6.22. The number of rotatable bonds is 5. The van der Waals surface area contributed by atoms with Gasteiger partial charge >= 0.3 is 0 Å². The average molecular weight is 299 g/mol. The Balaban J connectivity index is 2.01. The van der Waals surface area contributed by atoms with Gasteiger partial charge in [-0.2, -0.15) is 0 Å². The van der Waals surface area contributed by atoms with Crippen LogP contribution in [0.1, 0.15) is 18.4 Å². The van der Waals surface area contributed by atoms with Gasteiger partial charge in [-0.05, 0) is 5.56 Å². The summed E-state index contributed by atoms with van der Waals surface area (Å²) in [4.78, 5) is 0. The minimum Gasteiger partial charge on any atom is -0.388 e. The van der Waals surface area contributed by atoms with Crippen LogP contribution >= 0.6 is 0 Å². The maximum atomic E-state index is 12.3. The van der Waals surface area contributed by atoms with Crippen LogP contribution in [0.15, 0.2) is 30.3 Å². The van der Waals surface area contributed by atoms with Gasteiger partial charge in [0, 0.05) is 39.6 Å². The summed E-state index contributed by atoms with van der Waals surface area (Å²) >= 11 is 0. The fourth-order valence-electron chi connectivity index (χ4n) is 2.32. The monoisotopic (exact) mass is 299 g/mol. The molecule has 0 saturated carbocycles. The van der Waals surface area contributed by atoms with Crippen molar-refractivity contribution in [2.75, 3.05) is 26.8 Å². The highest BCUT2D eigenvalue weighted by atomic mass is 32.2. The molecule has 1 heterocycles. The first-order chi connectivity index (χ1) is 9.41. The highest BCUT2D eigenvalue weighted by molar-refractivity contribution is 7.88. The molecule has 5 nitrogen and oxygen atoms in total. The van der Waals surface area contributed by atoms with E-state index in [-0.39, 0.29) is 12.3 Å². The summed E-state index contributed by atoms with van der Waals surface area (Å²) in [7, 11) is -1.90. The molecule has 1 aliphatic heterocycles. The third kappa shape index (κ3) is 4.02. The van der Waals surface area contributed by atoms with E-state index in [1.54, 1.807) is 12.1 Å². The molecular weight excluding hydrogens is 278 g/mol. The van der Waals surface area contributed by atoms with Crippen molar-refractivity contribution >= 4 is 10.0 Å². The molecule has 0 amide bonds. The molecule has 0 bridgehead atoms. The van der Waals surface area contributed by atoms with Crippen LogP contribution in [0.3, 0.4) is 0 Å². The lowest BCUT2D eigenvalue weighted by Gasteiger charge is -2.35. The van der Waals surface area contributed by atoms with Gasteiger partial charge in [-0.15, -0.1) is 0 Å². The summed E-state index contributed by atoms with van der Waals surface area (Å²) < 4.78 is 31.1. The van der Waals surface area contributed by atoms with E-state index in [1.807, 2.05) is 18.2 Å². The lowest BCUT2D eigenvalue weighted by atomic mass is 9.95. The third-order valence-corrected chi connectivity index (χ3v) is 5.38. The summed E-state index contributed by atoms with van der Waals surface area (Å²) in [5.74, 6) is -0.0447. The number of nitrogens with zero attached hydrogens (tertiary/aromatic N) is 1. The summed E-state index contributed by atoms with van der Waals surface area (Å²) in [6.45, 7) is 1.07. The topological polar surface area (TPSA) is 66.8 Å². The number of sulfonamides is 1. The van der Waals surface area contributed by atoms with Gasteiger partial charge in [0.2, 0.25) is 10.0 Å². The number of hydrogen-bond acceptors (Lipinski definition) is 4. The van der Waals surface area contributed by atoms with Crippen LogP contribution in [0.2, 0.25) is 0 Å². The maximum absolute atomic E-state index is 12.3. The number of hydrogen-bond donors (Lipinski definition) is 1. The van der Waals surface area contributed by atoms with E-state index in [4.69, 9.17) is 4.74 Å². The molecule has 0 aliphatic carbocycles. The van der Waals surface area contributed by atoms with E-state index in [1.165, 1.54) is 11.4 Å². The van der Waals surface area contributed by atoms with Gasteiger partial charge in [0.25, 0.3) is 0 Å². The van der Waals surface area contributed by atoms with Gasteiger partial charge in [-0.25, -0.2) is 12.7 Å². The van der Waals surface area contributed by atoms with Crippen LogP contribution in [0.25, 0.3) is 0 Å². The van der Waals surface area contributed by atoms with E-state index in [9.17, 15) is 13.5 Å². The highest BCUT2D eigenvalue weighted by Gasteiger charge is 2.34. The Labute approximate surface area is 120 Å². The summed E-state index contributed by atoms with van der Waals surface area (Å²) in [6.07, 6.45) is 0.941. The number of ether oxygens (including phenoxy) is 1.